The third-order valence-electron chi connectivity index (χ3n) is 6.69. The molecule has 33 heavy (non-hydrogen) atoms. The van der Waals surface area contributed by atoms with Crippen LogP contribution in [-0.2, 0) is 4.74 Å². The molecule has 0 radical (unpaired) electrons. The van der Waals surface area contributed by atoms with Crippen molar-refractivity contribution in [1.29, 1.82) is 0 Å². The standard InChI is InChI=1S/C28H29NO4/c1-4-32-28(31)22-18(3)33-27-21-10-6-5-9-20(21)26(30)24(23(22)27)25(29-15-7-8-16-29)19-13-11-17(2)12-14-19/h5-6,9-14,25,30H,4,7-8,15-16H2,1-3H3. The van der Waals surface area contributed by atoms with Crippen molar-refractivity contribution in [2.45, 2.75) is 39.7 Å². The maximum absolute atomic E-state index is 13.1. The summed E-state index contributed by atoms with van der Waals surface area (Å²) in [5, 5.41) is 13.9. The Labute approximate surface area is 193 Å². The number of hydrogen-bond acceptors (Lipinski definition) is 5. The van der Waals surface area contributed by atoms with Crippen LogP contribution in [0.3, 0.4) is 0 Å². The fourth-order valence-electron chi connectivity index (χ4n) is 5.17. The number of carbonyl (C=O) groups excluding carboxylic acids is 1. The number of benzene rings is 3. The van der Waals surface area contributed by atoms with Crippen molar-refractivity contribution in [3.63, 3.8) is 0 Å². The monoisotopic (exact) mass is 443 g/mol. The number of aryl methyl sites for hydroxylation is 2. The van der Waals surface area contributed by atoms with Gasteiger partial charge in [-0.1, -0.05) is 54.1 Å². The Bertz CT molecular complexity index is 1330. The molecule has 1 N–H and O–H groups in total. The molecule has 3 aromatic carbocycles. The van der Waals surface area contributed by atoms with Crippen molar-refractivity contribution in [2.75, 3.05) is 19.7 Å². The predicted molar refractivity (Wildman–Crippen MR) is 130 cm³/mol. The summed E-state index contributed by atoms with van der Waals surface area (Å²) in [5.74, 6) is 0.278. The largest absolute Gasteiger partial charge is 0.507 e. The molecule has 1 unspecified atom stereocenters. The summed E-state index contributed by atoms with van der Waals surface area (Å²) < 4.78 is 11.6. The van der Waals surface area contributed by atoms with Gasteiger partial charge in [0.15, 0.2) is 0 Å². The minimum absolute atomic E-state index is 0.196. The summed E-state index contributed by atoms with van der Waals surface area (Å²) in [4.78, 5) is 15.5. The van der Waals surface area contributed by atoms with E-state index in [1.165, 1.54) is 5.56 Å². The topological polar surface area (TPSA) is 62.9 Å². The number of aromatic hydroxyl groups is 1. The van der Waals surface area contributed by atoms with Gasteiger partial charge in [-0.3, -0.25) is 4.90 Å². The van der Waals surface area contributed by atoms with E-state index in [1.807, 2.05) is 24.3 Å². The van der Waals surface area contributed by atoms with E-state index in [4.69, 9.17) is 9.15 Å². The lowest BCUT2D eigenvalue weighted by Crippen LogP contribution is -2.27. The number of rotatable bonds is 5. The molecule has 170 valence electrons. The van der Waals surface area contributed by atoms with Crippen LogP contribution < -0.4 is 0 Å². The molecular formula is C28H29NO4. The molecule has 1 aliphatic heterocycles. The zero-order valence-electron chi connectivity index (χ0n) is 19.4. The number of furan rings is 1. The number of carbonyl (C=O) groups is 1. The lowest BCUT2D eigenvalue weighted by atomic mass is 9.88. The van der Waals surface area contributed by atoms with Crippen LogP contribution in [0, 0.1) is 13.8 Å². The van der Waals surface area contributed by atoms with Gasteiger partial charge in [-0.2, -0.15) is 0 Å². The molecule has 1 aromatic heterocycles. The first-order chi connectivity index (χ1) is 16.0. The number of phenols is 1. The molecule has 2 heterocycles. The van der Waals surface area contributed by atoms with Gasteiger partial charge in [-0.15, -0.1) is 0 Å². The van der Waals surface area contributed by atoms with Gasteiger partial charge < -0.3 is 14.3 Å². The summed E-state index contributed by atoms with van der Waals surface area (Å²) in [6.45, 7) is 7.78. The lowest BCUT2D eigenvalue weighted by Gasteiger charge is -2.30. The van der Waals surface area contributed by atoms with E-state index in [1.54, 1.807) is 13.8 Å². The summed E-state index contributed by atoms with van der Waals surface area (Å²) in [7, 11) is 0. The lowest BCUT2D eigenvalue weighted by molar-refractivity contribution is 0.0526. The van der Waals surface area contributed by atoms with E-state index < -0.39 is 5.97 Å². The third kappa shape index (κ3) is 3.57. The second kappa shape index (κ2) is 8.56. The molecule has 1 atom stereocenters. The third-order valence-corrected chi connectivity index (χ3v) is 6.69. The Hall–Kier alpha value is -3.31. The van der Waals surface area contributed by atoms with Crippen molar-refractivity contribution in [2.24, 2.45) is 0 Å². The van der Waals surface area contributed by atoms with Crippen molar-refractivity contribution in [1.82, 2.24) is 4.90 Å². The Kier molecular flexibility index (Phi) is 5.59. The number of fused-ring (bicyclic) bond motifs is 3. The number of likely N-dealkylation sites (tertiary alicyclic amines) is 1. The second-order valence-electron chi connectivity index (χ2n) is 8.82. The average Bonchev–Trinajstić information content (AvgIpc) is 3.45. The molecule has 0 amide bonds. The van der Waals surface area contributed by atoms with Crippen LogP contribution in [-0.4, -0.2) is 35.7 Å². The van der Waals surface area contributed by atoms with Crippen LogP contribution in [0.2, 0.25) is 0 Å². The fraction of sp³-hybridized carbons (Fsp3) is 0.321. The SMILES string of the molecule is CCOC(=O)c1c(C)oc2c1c(C(c1ccc(C)cc1)N1CCCC1)c(O)c1ccccc12. The van der Waals surface area contributed by atoms with Gasteiger partial charge in [0.2, 0.25) is 0 Å². The molecule has 4 aromatic rings. The molecular weight excluding hydrogens is 414 g/mol. The van der Waals surface area contributed by atoms with Crippen LogP contribution in [0.5, 0.6) is 5.75 Å². The van der Waals surface area contributed by atoms with Gasteiger partial charge in [-0.25, -0.2) is 4.79 Å². The number of phenolic OH excluding ortho intramolecular Hbond substituents is 1. The maximum atomic E-state index is 13.1. The summed E-state index contributed by atoms with van der Waals surface area (Å²) in [5.41, 5.74) is 4.00. The molecule has 0 saturated carbocycles. The molecule has 1 aliphatic rings. The van der Waals surface area contributed by atoms with Crippen LogP contribution >= 0.6 is 0 Å². The van der Waals surface area contributed by atoms with Gasteiger partial charge in [0.05, 0.1) is 12.6 Å². The van der Waals surface area contributed by atoms with E-state index in [-0.39, 0.29) is 18.4 Å². The molecule has 0 spiro atoms. The predicted octanol–water partition coefficient (Wildman–Crippen LogP) is 6.27. The van der Waals surface area contributed by atoms with Gasteiger partial charge >= 0.3 is 5.97 Å². The maximum Gasteiger partial charge on any atom is 0.342 e. The van der Waals surface area contributed by atoms with E-state index in [2.05, 4.69) is 36.1 Å². The molecule has 0 aliphatic carbocycles. The normalized spacial score (nSPS) is 15.4. The van der Waals surface area contributed by atoms with E-state index in [0.717, 1.165) is 42.3 Å². The van der Waals surface area contributed by atoms with Crippen molar-refractivity contribution >= 4 is 27.7 Å². The van der Waals surface area contributed by atoms with Gasteiger partial charge in [-0.05, 0) is 52.3 Å². The Balaban J connectivity index is 1.90. The number of hydrogen-bond donors (Lipinski definition) is 1. The molecule has 5 heteroatoms. The zero-order chi connectivity index (χ0) is 23.1. The molecule has 1 saturated heterocycles. The highest BCUT2D eigenvalue weighted by molar-refractivity contribution is 6.16. The van der Waals surface area contributed by atoms with Crippen LogP contribution in [0.1, 0.15) is 58.6 Å². The minimum atomic E-state index is -0.422. The quantitative estimate of drug-likeness (QED) is 0.368. The number of ether oxygens (including phenoxy) is 1. The Morgan fingerprint density at radius 1 is 1.06 bits per heavy atom. The molecule has 1 fully saturated rings. The van der Waals surface area contributed by atoms with Crippen molar-refractivity contribution in [3.05, 3.63) is 76.5 Å². The second-order valence-corrected chi connectivity index (χ2v) is 8.82. The first-order valence-electron chi connectivity index (χ1n) is 11.7. The van der Waals surface area contributed by atoms with Crippen molar-refractivity contribution in [3.8, 4) is 5.75 Å². The first kappa shape index (κ1) is 21.5. The van der Waals surface area contributed by atoms with Crippen LogP contribution in [0.15, 0.2) is 52.9 Å². The number of esters is 1. The number of nitrogens with zero attached hydrogens (tertiary/aromatic N) is 1. The first-order valence-corrected chi connectivity index (χ1v) is 11.7. The summed E-state index contributed by atoms with van der Waals surface area (Å²) >= 11 is 0. The average molecular weight is 444 g/mol. The molecule has 5 rings (SSSR count). The van der Waals surface area contributed by atoms with Crippen molar-refractivity contribution < 1.29 is 19.1 Å². The molecule has 5 nitrogen and oxygen atoms in total. The smallest absolute Gasteiger partial charge is 0.342 e. The van der Waals surface area contributed by atoms with E-state index in [9.17, 15) is 9.90 Å². The summed E-state index contributed by atoms with van der Waals surface area (Å²) in [6, 6.07) is 15.9. The van der Waals surface area contributed by atoms with E-state index >= 15 is 0 Å². The van der Waals surface area contributed by atoms with Gasteiger partial charge in [0.25, 0.3) is 0 Å². The minimum Gasteiger partial charge on any atom is -0.507 e. The Morgan fingerprint density at radius 3 is 2.39 bits per heavy atom. The van der Waals surface area contributed by atoms with Crippen LogP contribution in [0.4, 0.5) is 0 Å². The fourth-order valence-corrected chi connectivity index (χ4v) is 5.17. The highest BCUT2D eigenvalue weighted by Gasteiger charge is 2.34. The van der Waals surface area contributed by atoms with Gasteiger partial charge in [0.1, 0.15) is 22.7 Å². The Morgan fingerprint density at radius 2 is 1.73 bits per heavy atom. The van der Waals surface area contributed by atoms with E-state index in [0.29, 0.717) is 27.9 Å². The zero-order valence-corrected chi connectivity index (χ0v) is 19.4. The highest BCUT2D eigenvalue weighted by atomic mass is 16.5. The molecule has 0 bridgehead atoms. The highest BCUT2D eigenvalue weighted by Crippen LogP contribution is 2.47. The summed E-state index contributed by atoms with van der Waals surface area (Å²) in [6.07, 6.45) is 2.21. The van der Waals surface area contributed by atoms with Crippen LogP contribution in [0.25, 0.3) is 21.7 Å². The van der Waals surface area contributed by atoms with Gasteiger partial charge in [0, 0.05) is 21.7 Å².